The Balaban J connectivity index is 1.65. The van der Waals surface area contributed by atoms with Crippen LogP contribution in [0.25, 0.3) is 0 Å². The smallest absolute Gasteiger partial charge is 0.343 e. The molecule has 1 amide bonds. The molecule has 2 aromatic carbocycles. The Hall–Kier alpha value is -4.47. The Morgan fingerprint density at radius 1 is 1.14 bits per heavy atom. The minimum Gasteiger partial charge on any atom is -0.506 e. The van der Waals surface area contributed by atoms with Crippen molar-refractivity contribution in [3.63, 3.8) is 0 Å². The third kappa shape index (κ3) is 5.27. The van der Waals surface area contributed by atoms with Crippen molar-refractivity contribution in [3.8, 4) is 23.0 Å². The second kappa shape index (κ2) is 10.9. The lowest BCUT2D eigenvalue weighted by Crippen LogP contribution is -2.27. The summed E-state index contributed by atoms with van der Waals surface area (Å²) >= 11 is 0. The fraction of sp³-hybridized carbons (Fsp3) is 0.269. The predicted molar refractivity (Wildman–Crippen MR) is 129 cm³/mol. The molecule has 0 saturated heterocycles. The van der Waals surface area contributed by atoms with Gasteiger partial charge < -0.3 is 34.4 Å². The van der Waals surface area contributed by atoms with E-state index in [-0.39, 0.29) is 43.4 Å². The van der Waals surface area contributed by atoms with E-state index in [0.717, 1.165) is 11.8 Å². The molecule has 4 rings (SSSR count). The maximum Gasteiger partial charge on any atom is 0.343 e. The molecule has 1 aromatic heterocycles. The van der Waals surface area contributed by atoms with Gasteiger partial charge in [0.1, 0.15) is 17.1 Å². The number of aromatic amines is 1. The van der Waals surface area contributed by atoms with E-state index in [1.54, 1.807) is 44.4 Å². The monoisotopic (exact) mass is 494 g/mol. The maximum atomic E-state index is 13.0. The van der Waals surface area contributed by atoms with E-state index >= 15 is 0 Å². The van der Waals surface area contributed by atoms with Crippen molar-refractivity contribution in [2.24, 2.45) is 0 Å². The molecule has 1 aliphatic rings. The minimum absolute atomic E-state index is 0.0516. The number of fused-ring (bicyclic) bond motifs is 1. The number of H-pyrrole nitrogens is 1. The molecule has 188 valence electrons. The molecular weight excluding hydrogens is 468 g/mol. The Morgan fingerprint density at radius 3 is 2.61 bits per heavy atom. The van der Waals surface area contributed by atoms with E-state index in [1.165, 1.54) is 0 Å². The first-order valence-electron chi connectivity index (χ1n) is 11.3. The third-order valence-corrected chi connectivity index (χ3v) is 5.78. The van der Waals surface area contributed by atoms with Gasteiger partial charge in [0.15, 0.2) is 11.5 Å². The number of aromatic nitrogens is 1. The molecule has 0 fully saturated rings. The van der Waals surface area contributed by atoms with Gasteiger partial charge in [0.2, 0.25) is 12.7 Å². The van der Waals surface area contributed by atoms with Crippen LogP contribution in [0.5, 0.6) is 23.0 Å². The van der Waals surface area contributed by atoms with Gasteiger partial charge in [-0.3, -0.25) is 9.59 Å². The van der Waals surface area contributed by atoms with Crippen molar-refractivity contribution in [3.05, 3.63) is 81.3 Å². The van der Waals surface area contributed by atoms with Crippen molar-refractivity contribution >= 4 is 11.9 Å². The lowest BCUT2D eigenvalue weighted by atomic mass is 9.87. The Labute approximate surface area is 206 Å². The summed E-state index contributed by atoms with van der Waals surface area (Å²) in [6.07, 6.45) is 0.915. The number of carbonyl (C=O) groups excluding carboxylic acids is 2. The first-order chi connectivity index (χ1) is 17.4. The van der Waals surface area contributed by atoms with Crippen LogP contribution in [-0.4, -0.2) is 42.5 Å². The number of carbonyl (C=O) groups is 2. The zero-order valence-electron chi connectivity index (χ0n) is 19.8. The summed E-state index contributed by atoms with van der Waals surface area (Å²) in [6, 6.07) is 12.2. The van der Waals surface area contributed by atoms with Gasteiger partial charge in [-0.25, -0.2) is 4.79 Å². The number of amides is 1. The van der Waals surface area contributed by atoms with Gasteiger partial charge in [-0.15, -0.1) is 0 Å². The molecule has 0 saturated carbocycles. The summed E-state index contributed by atoms with van der Waals surface area (Å²) < 4.78 is 20.9. The van der Waals surface area contributed by atoms with E-state index in [0.29, 0.717) is 22.8 Å². The highest BCUT2D eigenvalue weighted by molar-refractivity contribution is 5.92. The molecule has 10 heteroatoms. The number of ether oxygens (including phenoxy) is 4. The average Bonchev–Trinajstić information content (AvgIpc) is 3.35. The van der Waals surface area contributed by atoms with Crippen LogP contribution in [-0.2, 0) is 16.1 Å². The Morgan fingerprint density at radius 2 is 1.89 bits per heavy atom. The van der Waals surface area contributed by atoms with Gasteiger partial charge in [0.25, 0.3) is 5.56 Å². The molecule has 0 spiro atoms. The van der Waals surface area contributed by atoms with Gasteiger partial charge in [-0.2, -0.15) is 0 Å². The van der Waals surface area contributed by atoms with Gasteiger partial charge >= 0.3 is 5.97 Å². The largest absolute Gasteiger partial charge is 0.506 e. The molecular formula is C26H26N2O8. The molecule has 2 heterocycles. The molecule has 10 nitrogen and oxygen atoms in total. The molecule has 3 aromatic rings. The lowest BCUT2D eigenvalue weighted by Gasteiger charge is -2.19. The lowest BCUT2D eigenvalue weighted by molar-refractivity contribution is -0.121. The first kappa shape index (κ1) is 24.6. The summed E-state index contributed by atoms with van der Waals surface area (Å²) in [5.41, 5.74) is 0.426. The summed E-state index contributed by atoms with van der Waals surface area (Å²) in [7, 11) is 1.57. The van der Waals surface area contributed by atoms with Crippen LogP contribution in [0.2, 0.25) is 0 Å². The van der Waals surface area contributed by atoms with Crippen LogP contribution < -0.4 is 25.1 Å². The average molecular weight is 495 g/mol. The number of benzene rings is 2. The van der Waals surface area contributed by atoms with Crippen molar-refractivity contribution in [2.45, 2.75) is 25.8 Å². The fourth-order valence-corrected chi connectivity index (χ4v) is 3.94. The van der Waals surface area contributed by atoms with Crippen LogP contribution in [0.15, 0.2) is 53.5 Å². The number of rotatable bonds is 9. The number of aromatic hydroxyl groups is 1. The summed E-state index contributed by atoms with van der Waals surface area (Å²) in [6.45, 7) is 2.02. The van der Waals surface area contributed by atoms with Crippen molar-refractivity contribution < 1.29 is 33.6 Å². The minimum atomic E-state index is -0.895. The van der Waals surface area contributed by atoms with E-state index in [2.05, 4.69) is 10.3 Å². The molecule has 36 heavy (non-hydrogen) atoms. The van der Waals surface area contributed by atoms with Crippen LogP contribution in [0.3, 0.4) is 0 Å². The molecule has 0 aliphatic carbocycles. The molecule has 1 aliphatic heterocycles. The maximum absolute atomic E-state index is 13.0. The van der Waals surface area contributed by atoms with E-state index in [4.69, 9.17) is 18.9 Å². The van der Waals surface area contributed by atoms with E-state index in [1.807, 2.05) is 12.1 Å². The zero-order valence-corrected chi connectivity index (χ0v) is 19.8. The number of hydrogen-bond donors (Lipinski definition) is 3. The molecule has 0 unspecified atom stereocenters. The Bertz CT molecular complexity index is 1320. The fourth-order valence-electron chi connectivity index (χ4n) is 3.94. The second-order valence-electron chi connectivity index (χ2n) is 8.01. The topological polar surface area (TPSA) is 136 Å². The molecule has 1 atom stereocenters. The number of pyridine rings is 1. The normalized spacial score (nSPS) is 12.6. The molecule has 0 radical (unpaired) electrons. The van der Waals surface area contributed by atoms with Gasteiger partial charge in [0.05, 0.1) is 19.3 Å². The van der Waals surface area contributed by atoms with Gasteiger partial charge in [-0.1, -0.05) is 18.2 Å². The second-order valence-corrected chi connectivity index (χ2v) is 8.01. The zero-order chi connectivity index (χ0) is 25.7. The van der Waals surface area contributed by atoms with Crippen LogP contribution >= 0.6 is 0 Å². The predicted octanol–water partition coefficient (Wildman–Crippen LogP) is 2.83. The van der Waals surface area contributed by atoms with Crippen molar-refractivity contribution in [1.29, 1.82) is 0 Å². The third-order valence-electron chi connectivity index (χ3n) is 5.78. The van der Waals surface area contributed by atoms with E-state index < -0.39 is 23.2 Å². The van der Waals surface area contributed by atoms with Crippen LogP contribution in [0.1, 0.15) is 46.3 Å². The number of nitrogens with one attached hydrogen (secondary N) is 2. The number of methoxy groups -OCH3 is 1. The standard InChI is InChI=1S/C26H26N2O8/c1-3-34-26(32)19-13-28-25(31)23(24(19)30)18(16-6-9-20-21(10-16)36-14-35-20)11-22(29)27-12-15-4-7-17(33-2)8-5-15/h4-10,13,18H,3,11-12,14H2,1-2H3,(H,27,29)(H2,28,30,31)/t18-/m1/s1. The van der Waals surface area contributed by atoms with Crippen molar-refractivity contribution in [2.75, 3.05) is 20.5 Å². The van der Waals surface area contributed by atoms with Crippen LogP contribution in [0.4, 0.5) is 0 Å². The number of hydrogen-bond acceptors (Lipinski definition) is 8. The highest BCUT2D eigenvalue weighted by Crippen LogP contribution is 2.39. The summed E-state index contributed by atoms with van der Waals surface area (Å²) in [5.74, 6) is -0.913. The first-order valence-corrected chi connectivity index (χ1v) is 11.3. The Kier molecular flexibility index (Phi) is 7.43. The van der Waals surface area contributed by atoms with Gasteiger partial charge in [-0.05, 0) is 42.3 Å². The summed E-state index contributed by atoms with van der Waals surface area (Å²) in [4.78, 5) is 40.7. The molecule has 0 bridgehead atoms. The SMILES string of the molecule is CCOC(=O)c1c[nH]c(=O)c([C@H](CC(=O)NCc2ccc(OC)cc2)c2ccc3c(c2)OCO3)c1O. The quantitative estimate of drug-likeness (QED) is 0.387. The summed E-state index contributed by atoms with van der Waals surface area (Å²) in [5, 5.41) is 13.8. The highest BCUT2D eigenvalue weighted by Gasteiger charge is 2.29. The van der Waals surface area contributed by atoms with E-state index in [9.17, 15) is 19.5 Å². The van der Waals surface area contributed by atoms with Crippen LogP contribution in [0, 0.1) is 0 Å². The van der Waals surface area contributed by atoms with Crippen molar-refractivity contribution in [1.82, 2.24) is 10.3 Å². The highest BCUT2D eigenvalue weighted by atomic mass is 16.7. The molecule has 3 N–H and O–H groups in total. The number of esters is 1. The van der Waals surface area contributed by atoms with Gasteiger partial charge in [0, 0.05) is 25.1 Å².